The van der Waals surface area contributed by atoms with E-state index in [9.17, 15) is 0 Å². The molecule has 6 rings (SSSR count). The van der Waals surface area contributed by atoms with E-state index in [0.29, 0.717) is 0 Å². The minimum absolute atomic E-state index is 1.26. The van der Waals surface area contributed by atoms with Crippen LogP contribution in [0.15, 0.2) is 91.1 Å². The molecule has 0 aliphatic heterocycles. The first-order valence-electron chi connectivity index (χ1n) is 8.63. The first-order valence-corrected chi connectivity index (χ1v) is 8.63. The Labute approximate surface area is 144 Å². The predicted molar refractivity (Wildman–Crippen MR) is 107 cm³/mol. The summed E-state index contributed by atoms with van der Waals surface area (Å²) in [5.41, 5.74) is 2.56. The summed E-state index contributed by atoms with van der Waals surface area (Å²) in [5.74, 6) is 0. The molecule has 0 fully saturated rings. The summed E-state index contributed by atoms with van der Waals surface area (Å²) in [6.07, 6.45) is 2.27. The normalized spacial score (nSPS) is 12.0. The van der Waals surface area contributed by atoms with E-state index in [2.05, 4.69) is 95.5 Å². The lowest BCUT2D eigenvalue weighted by Crippen LogP contribution is -1.89. The Morgan fingerprint density at radius 2 is 1.08 bits per heavy atom. The Morgan fingerprint density at radius 1 is 0.480 bits per heavy atom. The molecule has 0 saturated heterocycles. The van der Waals surface area contributed by atoms with Crippen LogP contribution < -0.4 is 0 Å². The molecule has 0 unspecified atom stereocenters. The third kappa shape index (κ3) is 1.67. The van der Waals surface area contributed by atoms with Crippen LogP contribution in [0.5, 0.6) is 0 Å². The number of pyridine rings is 1. The van der Waals surface area contributed by atoms with Crippen molar-refractivity contribution in [3.05, 3.63) is 91.1 Å². The topological polar surface area (TPSA) is 4.41 Å². The molecule has 1 heteroatoms. The highest BCUT2D eigenvalue weighted by atomic mass is 14.9. The van der Waals surface area contributed by atoms with Crippen LogP contribution in [-0.2, 0) is 0 Å². The molecule has 0 radical (unpaired) electrons. The predicted octanol–water partition coefficient (Wildman–Crippen LogP) is 6.55. The van der Waals surface area contributed by atoms with Crippen LogP contribution >= 0.6 is 0 Å². The molecular weight excluding hydrogens is 302 g/mol. The van der Waals surface area contributed by atoms with E-state index in [0.717, 1.165) is 0 Å². The van der Waals surface area contributed by atoms with Gasteiger partial charge >= 0.3 is 0 Å². The van der Waals surface area contributed by atoms with E-state index in [-0.39, 0.29) is 0 Å². The van der Waals surface area contributed by atoms with Crippen molar-refractivity contribution in [3.63, 3.8) is 0 Å². The number of para-hydroxylation sites is 1. The molecule has 2 heterocycles. The molecular formula is C24H15N. The summed E-state index contributed by atoms with van der Waals surface area (Å²) in [7, 11) is 0. The summed E-state index contributed by atoms with van der Waals surface area (Å²) in [4.78, 5) is 0. The molecule has 0 spiro atoms. The molecule has 0 aliphatic rings. The van der Waals surface area contributed by atoms with Crippen LogP contribution in [-0.4, -0.2) is 4.40 Å². The molecule has 2 aromatic heterocycles. The van der Waals surface area contributed by atoms with Crippen LogP contribution in [0.2, 0.25) is 0 Å². The van der Waals surface area contributed by atoms with Crippen molar-refractivity contribution >= 4 is 48.7 Å². The second-order valence-corrected chi connectivity index (χ2v) is 6.70. The number of nitrogens with zero attached hydrogens (tertiary/aromatic N) is 1. The van der Waals surface area contributed by atoms with Crippen LogP contribution in [0.3, 0.4) is 0 Å². The quantitative estimate of drug-likeness (QED) is 0.221. The molecule has 0 bridgehead atoms. The summed E-state index contributed by atoms with van der Waals surface area (Å²) in [6, 6.07) is 30.7. The highest BCUT2D eigenvalue weighted by Crippen LogP contribution is 2.36. The highest BCUT2D eigenvalue weighted by Gasteiger charge is 2.12. The van der Waals surface area contributed by atoms with Gasteiger partial charge in [-0.15, -0.1) is 0 Å². The summed E-state index contributed by atoms with van der Waals surface area (Å²) in [5, 5.41) is 9.12. The number of fused-ring (bicyclic) bond motifs is 9. The van der Waals surface area contributed by atoms with Gasteiger partial charge in [0.1, 0.15) is 0 Å². The van der Waals surface area contributed by atoms with Crippen molar-refractivity contribution in [1.82, 2.24) is 4.40 Å². The lowest BCUT2D eigenvalue weighted by molar-refractivity contribution is 1.29. The molecule has 6 aromatic rings. The smallest absolute Gasteiger partial charge is 0.0613 e. The Hall–Kier alpha value is -3.32. The summed E-state index contributed by atoms with van der Waals surface area (Å²) >= 11 is 0. The maximum atomic E-state index is 2.36. The van der Waals surface area contributed by atoms with Gasteiger partial charge in [-0.1, -0.05) is 66.7 Å². The molecule has 4 aromatic carbocycles. The Balaban J connectivity index is 2.03. The SMILES string of the molecule is c1ccc2cc3c(cc2c1)c1ccccc1n1cc2ccccc2c31. The molecule has 25 heavy (non-hydrogen) atoms. The average Bonchev–Trinajstić information content (AvgIpc) is 3.07. The van der Waals surface area contributed by atoms with Crippen molar-refractivity contribution in [3.8, 4) is 0 Å². The van der Waals surface area contributed by atoms with Crippen LogP contribution in [0.4, 0.5) is 0 Å². The first kappa shape index (κ1) is 13.0. The van der Waals surface area contributed by atoms with E-state index < -0.39 is 0 Å². The van der Waals surface area contributed by atoms with E-state index in [1.165, 1.54) is 48.7 Å². The van der Waals surface area contributed by atoms with E-state index in [1.54, 1.807) is 0 Å². The first-order chi connectivity index (χ1) is 12.4. The number of aromatic nitrogens is 1. The van der Waals surface area contributed by atoms with Gasteiger partial charge in [0.15, 0.2) is 0 Å². The van der Waals surface area contributed by atoms with Gasteiger partial charge < -0.3 is 4.40 Å². The van der Waals surface area contributed by atoms with Gasteiger partial charge in [-0.25, -0.2) is 0 Å². The molecule has 0 aliphatic carbocycles. The van der Waals surface area contributed by atoms with Crippen LogP contribution in [0.25, 0.3) is 48.7 Å². The van der Waals surface area contributed by atoms with Crippen molar-refractivity contribution in [2.45, 2.75) is 0 Å². The Kier molecular flexibility index (Phi) is 2.40. The monoisotopic (exact) mass is 317 g/mol. The molecule has 0 atom stereocenters. The highest BCUT2D eigenvalue weighted by molar-refractivity contribution is 6.22. The number of hydrogen-bond acceptors (Lipinski definition) is 0. The lowest BCUT2D eigenvalue weighted by atomic mass is 9.99. The molecule has 0 amide bonds. The molecule has 0 N–H and O–H groups in total. The fraction of sp³-hybridized carbons (Fsp3) is 0. The largest absolute Gasteiger partial charge is 0.315 e. The molecule has 0 saturated carbocycles. The Bertz CT molecular complexity index is 1440. The zero-order valence-corrected chi connectivity index (χ0v) is 13.6. The summed E-state index contributed by atoms with van der Waals surface area (Å²) < 4.78 is 2.36. The minimum Gasteiger partial charge on any atom is -0.315 e. The number of hydrogen-bond donors (Lipinski definition) is 0. The van der Waals surface area contributed by atoms with Gasteiger partial charge in [0.2, 0.25) is 0 Å². The minimum atomic E-state index is 1.26. The molecule has 116 valence electrons. The van der Waals surface area contributed by atoms with E-state index in [4.69, 9.17) is 0 Å². The van der Waals surface area contributed by atoms with E-state index in [1.807, 2.05) is 0 Å². The Morgan fingerprint density at radius 3 is 1.88 bits per heavy atom. The van der Waals surface area contributed by atoms with Crippen molar-refractivity contribution in [2.75, 3.05) is 0 Å². The lowest BCUT2D eigenvalue weighted by Gasteiger charge is -2.11. The maximum Gasteiger partial charge on any atom is 0.0613 e. The van der Waals surface area contributed by atoms with Crippen LogP contribution in [0, 0.1) is 0 Å². The van der Waals surface area contributed by atoms with Gasteiger partial charge in [-0.05, 0) is 34.4 Å². The van der Waals surface area contributed by atoms with Gasteiger partial charge in [0, 0.05) is 27.7 Å². The fourth-order valence-electron chi connectivity index (χ4n) is 4.19. The van der Waals surface area contributed by atoms with Gasteiger partial charge in [0.25, 0.3) is 0 Å². The van der Waals surface area contributed by atoms with Gasteiger partial charge in [-0.2, -0.15) is 0 Å². The zero-order chi connectivity index (χ0) is 16.4. The average molecular weight is 317 g/mol. The van der Waals surface area contributed by atoms with Crippen molar-refractivity contribution in [2.24, 2.45) is 0 Å². The van der Waals surface area contributed by atoms with Gasteiger partial charge in [-0.3, -0.25) is 0 Å². The van der Waals surface area contributed by atoms with Crippen LogP contribution in [0.1, 0.15) is 0 Å². The number of rotatable bonds is 0. The zero-order valence-electron chi connectivity index (χ0n) is 13.6. The molecule has 1 nitrogen and oxygen atoms in total. The summed E-state index contributed by atoms with van der Waals surface area (Å²) in [6.45, 7) is 0. The van der Waals surface area contributed by atoms with Crippen molar-refractivity contribution in [1.29, 1.82) is 0 Å². The fourth-order valence-corrected chi connectivity index (χ4v) is 4.19. The maximum absolute atomic E-state index is 2.36. The second kappa shape index (κ2) is 4.61. The standard InChI is InChI=1S/C24H15N/c1-2-8-17-14-22-21(13-16(17)7-1)20-11-5-6-12-23(20)25-15-18-9-3-4-10-19(18)24(22)25/h1-15H. The number of benzene rings is 4. The second-order valence-electron chi connectivity index (χ2n) is 6.70. The van der Waals surface area contributed by atoms with E-state index >= 15 is 0 Å². The third-order valence-electron chi connectivity index (χ3n) is 5.32. The third-order valence-corrected chi connectivity index (χ3v) is 5.32. The van der Waals surface area contributed by atoms with Gasteiger partial charge in [0.05, 0.1) is 11.0 Å². The van der Waals surface area contributed by atoms with Crippen molar-refractivity contribution < 1.29 is 0 Å².